The summed E-state index contributed by atoms with van der Waals surface area (Å²) in [5, 5.41) is 1.56. The summed E-state index contributed by atoms with van der Waals surface area (Å²) in [6.07, 6.45) is 0. The number of hydrogen-bond donors (Lipinski definition) is 1. The molecule has 9 heteroatoms. The first-order chi connectivity index (χ1) is 16.0. The van der Waals surface area contributed by atoms with Crippen molar-refractivity contribution in [1.82, 2.24) is 10.4 Å². The van der Waals surface area contributed by atoms with E-state index in [-0.39, 0.29) is 17.9 Å². The molecule has 0 aromatic heterocycles. The molecule has 3 aromatic carbocycles. The van der Waals surface area contributed by atoms with Crippen LogP contribution in [0, 0.1) is 0 Å². The molecule has 0 spiro atoms. The van der Waals surface area contributed by atoms with Crippen LogP contribution in [-0.2, 0) is 20.2 Å². The standard InChI is InChI=1S/C24H25N4O4P/c1-31-33(30,32-2)24(26-25)22(20-14-8-4-9-15-20)28(18-19-12-6-3-7-13-19)27-23(29)21-16-10-5-11-17-21/h3-17,22H,18H2,1-2H3,(H,27,29)/t22-/m1/s1. The van der Waals surface area contributed by atoms with Gasteiger partial charge in [-0.05, 0) is 23.3 Å². The SMILES string of the molecule is COP(=O)(OC)C(=[N+]=[N-])[C@@H](c1ccccc1)N(Cc1ccccc1)NC(=O)c1ccccc1. The number of carbonyl (C=O) groups is 1. The Morgan fingerprint density at radius 3 is 1.97 bits per heavy atom. The van der Waals surface area contributed by atoms with Crippen molar-refractivity contribution in [2.24, 2.45) is 0 Å². The largest absolute Gasteiger partial charge is 0.439 e. The Hall–Kier alpha value is -3.38. The van der Waals surface area contributed by atoms with Gasteiger partial charge in [0.2, 0.25) is 0 Å². The van der Waals surface area contributed by atoms with Crippen molar-refractivity contribution in [1.29, 1.82) is 0 Å². The lowest BCUT2D eigenvalue weighted by Gasteiger charge is -2.30. The van der Waals surface area contributed by atoms with Crippen LogP contribution >= 0.6 is 7.60 Å². The average molecular weight is 464 g/mol. The molecule has 1 amide bonds. The van der Waals surface area contributed by atoms with Crippen LogP contribution in [0.25, 0.3) is 5.53 Å². The predicted molar refractivity (Wildman–Crippen MR) is 125 cm³/mol. The number of carbonyl (C=O) groups excluding carboxylic acids is 1. The van der Waals surface area contributed by atoms with E-state index in [4.69, 9.17) is 9.05 Å². The topological polar surface area (TPSA) is 104 Å². The molecule has 0 fully saturated rings. The number of amides is 1. The van der Waals surface area contributed by atoms with Crippen molar-refractivity contribution in [3.05, 3.63) is 113 Å². The maximum absolute atomic E-state index is 13.3. The summed E-state index contributed by atoms with van der Waals surface area (Å²) >= 11 is 0. The van der Waals surface area contributed by atoms with Gasteiger partial charge in [0.15, 0.2) is 6.04 Å². The normalized spacial score (nSPS) is 12.1. The van der Waals surface area contributed by atoms with Crippen LogP contribution in [0.5, 0.6) is 0 Å². The van der Waals surface area contributed by atoms with Crippen molar-refractivity contribution >= 4 is 19.0 Å². The first-order valence-electron chi connectivity index (χ1n) is 10.2. The number of hydrazine groups is 1. The molecule has 0 saturated heterocycles. The number of benzene rings is 3. The van der Waals surface area contributed by atoms with E-state index < -0.39 is 13.6 Å². The van der Waals surface area contributed by atoms with Crippen molar-refractivity contribution in [3.63, 3.8) is 0 Å². The van der Waals surface area contributed by atoms with Crippen LogP contribution < -0.4 is 5.43 Å². The zero-order valence-corrected chi connectivity index (χ0v) is 19.3. The van der Waals surface area contributed by atoms with E-state index in [0.29, 0.717) is 11.1 Å². The van der Waals surface area contributed by atoms with Crippen LogP contribution in [0.1, 0.15) is 27.5 Å². The first kappa shape index (κ1) is 24.3. The predicted octanol–water partition coefficient (Wildman–Crippen LogP) is 4.69. The van der Waals surface area contributed by atoms with Gasteiger partial charge in [-0.3, -0.25) is 10.2 Å². The molecule has 1 atom stereocenters. The Morgan fingerprint density at radius 1 is 0.939 bits per heavy atom. The summed E-state index contributed by atoms with van der Waals surface area (Å²) in [6.45, 7) is 0.214. The fourth-order valence-corrected chi connectivity index (χ4v) is 4.61. The second-order valence-electron chi connectivity index (χ2n) is 7.05. The molecule has 0 aliphatic heterocycles. The minimum Gasteiger partial charge on any atom is -0.361 e. The summed E-state index contributed by atoms with van der Waals surface area (Å²) in [5.74, 6) is -0.380. The van der Waals surface area contributed by atoms with Crippen molar-refractivity contribution in [2.75, 3.05) is 14.2 Å². The first-order valence-corrected chi connectivity index (χ1v) is 11.7. The van der Waals surface area contributed by atoms with Crippen LogP contribution in [0.15, 0.2) is 91.0 Å². The number of nitrogens with one attached hydrogen (secondary N) is 1. The van der Waals surface area contributed by atoms with Crippen LogP contribution in [0.4, 0.5) is 0 Å². The van der Waals surface area contributed by atoms with Gasteiger partial charge in [0, 0.05) is 26.3 Å². The molecule has 1 N–H and O–H groups in total. The second-order valence-corrected chi connectivity index (χ2v) is 9.24. The van der Waals surface area contributed by atoms with Crippen molar-refractivity contribution in [3.8, 4) is 0 Å². The molecule has 33 heavy (non-hydrogen) atoms. The minimum atomic E-state index is -3.98. The average Bonchev–Trinajstić information content (AvgIpc) is 2.88. The van der Waals surface area contributed by atoms with E-state index in [1.807, 2.05) is 42.5 Å². The monoisotopic (exact) mass is 464 g/mol. The van der Waals surface area contributed by atoms with Gasteiger partial charge in [0.25, 0.3) is 5.91 Å². The lowest BCUT2D eigenvalue weighted by atomic mass is 10.1. The Labute approximate surface area is 192 Å². The second kappa shape index (κ2) is 11.5. The van der Waals surface area contributed by atoms with E-state index in [2.05, 4.69) is 10.2 Å². The zero-order chi connectivity index (χ0) is 23.7. The molecule has 3 rings (SSSR count). The molecule has 0 bridgehead atoms. The summed E-state index contributed by atoms with van der Waals surface area (Å²) in [6, 6.07) is 26.1. The van der Waals surface area contributed by atoms with Gasteiger partial charge >= 0.3 is 13.0 Å². The third-order valence-electron chi connectivity index (χ3n) is 5.01. The minimum absolute atomic E-state index is 0.214. The summed E-state index contributed by atoms with van der Waals surface area (Å²) in [4.78, 5) is 16.4. The molecule has 0 radical (unpaired) electrons. The fraction of sp³-hybridized carbons (Fsp3) is 0.167. The van der Waals surface area contributed by atoms with E-state index in [0.717, 1.165) is 5.56 Å². The summed E-state index contributed by atoms with van der Waals surface area (Å²) in [7, 11) is -1.56. The molecule has 0 aliphatic rings. The van der Waals surface area contributed by atoms with Crippen molar-refractivity contribution < 1.29 is 23.2 Å². The zero-order valence-electron chi connectivity index (χ0n) is 18.4. The highest BCUT2D eigenvalue weighted by Crippen LogP contribution is 2.52. The Bertz CT molecular complexity index is 1140. The molecule has 3 aromatic rings. The highest BCUT2D eigenvalue weighted by Gasteiger charge is 2.48. The number of nitrogens with zero attached hydrogens (tertiary/aromatic N) is 3. The maximum Gasteiger partial charge on any atom is 0.439 e. The molecule has 0 aliphatic carbocycles. The van der Waals surface area contributed by atoms with Crippen molar-refractivity contribution in [2.45, 2.75) is 12.6 Å². The Balaban J connectivity index is 2.12. The van der Waals surface area contributed by atoms with Gasteiger partial charge in [-0.1, -0.05) is 78.9 Å². The molecule has 0 saturated carbocycles. The van der Waals surface area contributed by atoms with Crippen LogP contribution in [0.3, 0.4) is 0 Å². The van der Waals surface area contributed by atoms with E-state index >= 15 is 0 Å². The highest BCUT2D eigenvalue weighted by molar-refractivity contribution is 7.72. The van der Waals surface area contributed by atoms with Crippen LogP contribution in [0.2, 0.25) is 0 Å². The molecular formula is C24H25N4O4P. The third kappa shape index (κ3) is 5.90. The summed E-state index contributed by atoms with van der Waals surface area (Å²) in [5.41, 5.74) is 14.5. The number of hydrogen-bond acceptors (Lipinski definition) is 5. The van der Waals surface area contributed by atoms with Gasteiger partial charge in [0.1, 0.15) is 0 Å². The van der Waals surface area contributed by atoms with Crippen LogP contribution in [-0.4, -0.2) is 35.4 Å². The van der Waals surface area contributed by atoms with Gasteiger partial charge in [-0.25, -0.2) is 4.57 Å². The van der Waals surface area contributed by atoms with E-state index in [1.54, 1.807) is 53.5 Å². The Morgan fingerprint density at radius 2 is 1.45 bits per heavy atom. The quantitative estimate of drug-likeness (QED) is 0.154. The van der Waals surface area contributed by atoms with Gasteiger partial charge in [-0.15, -0.1) is 0 Å². The Kier molecular flexibility index (Phi) is 8.44. The molecule has 170 valence electrons. The van der Waals surface area contributed by atoms with Gasteiger partial charge in [0.05, 0.1) is 0 Å². The fourth-order valence-electron chi connectivity index (χ4n) is 3.38. The number of rotatable bonds is 10. The van der Waals surface area contributed by atoms with Gasteiger partial charge < -0.3 is 14.6 Å². The molecular weight excluding hydrogens is 439 g/mol. The van der Waals surface area contributed by atoms with E-state index in [1.165, 1.54) is 14.2 Å². The maximum atomic E-state index is 13.3. The summed E-state index contributed by atoms with van der Waals surface area (Å²) < 4.78 is 23.6. The molecule has 0 heterocycles. The van der Waals surface area contributed by atoms with E-state index in [9.17, 15) is 14.9 Å². The molecule has 8 nitrogen and oxygen atoms in total. The highest BCUT2D eigenvalue weighted by atomic mass is 31.2. The lowest BCUT2D eigenvalue weighted by Crippen LogP contribution is -2.47. The third-order valence-corrected chi connectivity index (χ3v) is 6.87. The van der Waals surface area contributed by atoms with Gasteiger partial charge in [-0.2, -0.15) is 9.80 Å². The molecule has 0 unspecified atom stereocenters. The lowest BCUT2D eigenvalue weighted by molar-refractivity contribution is -0.0179. The smallest absolute Gasteiger partial charge is 0.361 e.